The molecule has 0 aromatic heterocycles. The van der Waals surface area contributed by atoms with Crippen molar-refractivity contribution in [3.8, 4) is 0 Å². The summed E-state index contributed by atoms with van der Waals surface area (Å²) >= 11 is 0. The Morgan fingerprint density at radius 1 is 1.18 bits per heavy atom. The summed E-state index contributed by atoms with van der Waals surface area (Å²) in [5, 5.41) is 10.2. The maximum Gasteiger partial charge on any atom is 0.0834 e. The van der Waals surface area contributed by atoms with Crippen LogP contribution in [-0.4, -0.2) is 59.8 Å². The Balaban J connectivity index is 1.85. The van der Waals surface area contributed by atoms with Crippen molar-refractivity contribution < 1.29 is 5.11 Å². The lowest BCUT2D eigenvalue weighted by Crippen LogP contribution is -2.45. The van der Waals surface area contributed by atoms with Crippen LogP contribution in [0.15, 0.2) is 11.6 Å². The minimum atomic E-state index is -0.154. The molecule has 2 rings (SSSR count). The van der Waals surface area contributed by atoms with E-state index in [4.69, 9.17) is 0 Å². The molecule has 0 radical (unpaired) electrons. The van der Waals surface area contributed by atoms with Crippen molar-refractivity contribution in [1.29, 1.82) is 0 Å². The molecule has 0 spiro atoms. The fourth-order valence-corrected chi connectivity index (χ4v) is 2.92. The van der Waals surface area contributed by atoms with Crippen molar-refractivity contribution in [3.05, 3.63) is 11.6 Å². The summed E-state index contributed by atoms with van der Waals surface area (Å²) in [5.41, 5.74) is 1.36. The molecule has 2 atom stereocenters. The van der Waals surface area contributed by atoms with E-state index in [1.165, 1.54) is 37.9 Å². The van der Waals surface area contributed by atoms with Gasteiger partial charge in [-0.3, -0.25) is 9.80 Å². The Labute approximate surface area is 105 Å². The van der Waals surface area contributed by atoms with Crippen molar-refractivity contribution in [2.45, 2.75) is 45.3 Å². The van der Waals surface area contributed by atoms with Gasteiger partial charge in [0.1, 0.15) is 0 Å². The number of hydrogen-bond acceptors (Lipinski definition) is 3. The highest BCUT2D eigenvalue weighted by Crippen LogP contribution is 2.20. The first-order chi connectivity index (χ1) is 8.16. The number of allylic oxidation sites excluding steroid dienone is 1. The van der Waals surface area contributed by atoms with E-state index in [-0.39, 0.29) is 6.10 Å². The van der Waals surface area contributed by atoms with E-state index in [2.05, 4.69) is 29.7 Å². The first kappa shape index (κ1) is 13.1. The molecule has 0 amide bonds. The summed E-state index contributed by atoms with van der Waals surface area (Å²) < 4.78 is 0. The van der Waals surface area contributed by atoms with Gasteiger partial charge in [0, 0.05) is 25.7 Å². The van der Waals surface area contributed by atoms with E-state index >= 15 is 0 Å². The third kappa shape index (κ3) is 3.54. The van der Waals surface area contributed by atoms with Crippen molar-refractivity contribution >= 4 is 0 Å². The van der Waals surface area contributed by atoms with Crippen LogP contribution in [-0.2, 0) is 0 Å². The van der Waals surface area contributed by atoms with Gasteiger partial charge in [0.05, 0.1) is 6.10 Å². The Hall–Kier alpha value is -0.380. The number of aliphatic hydroxyl groups is 1. The molecule has 0 bridgehead atoms. The molecule has 0 saturated carbocycles. The van der Waals surface area contributed by atoms with E-state index < -0.39 is 0 Å². The number of β-amino-alcohol motifs (C(OH)–C–C–N with tert-alkyl or cyclic N) is 1. The lowest BCUT2D eigenvalue weighted by atomic mass is 10.1. The van der Waals surface area contributed by atoms with E-state index in [1.54, 1.807) is 0 Å². The Kier molecular flexibility index (Phi) is 4.60. The van der Waals surface area contributed by atoms with Gasteiger partial charge in [-0.25, -0.2) is 0 Å². The Morgan fingerprint density at radius 2 is 1.88 bits per heavy atom. The van der Waals surface area contributed by atoms with Gasteiger partial charge in [0.25, 0.3) is 0 Å². The molecule has 2 heterocycles. The zero-order valence-corrected chi connectivity index (χ0v) is 11.2. The van der Waals surface area contributed by atoms with Gasteiger partial charge in [-0.2, -0.15) is 0 Å². The molecule has 0 aromatic carbocycles. The van der Waals surface area contributed by atoms with Crippen LogP contribution in [0.5, 0.6) is 0 Å². The molecule has 3 heteroatoms. The van der Waals surface area contributed by atoms with E-state index in [1.807, 2.05) is 0 Å². The summed E-state index contributed by atoms with van der Waals surface area (Å²) in [4.78, 5) is 4.87. The molecule has 1 N–H and O–H groups in total. The molecule has 3 nitrogen and oxygen atoms in total. The van der Waals surface area contributed by atoms with Crippen LogP contribution >= 0.6 is 0 Å². The molecule has 2 aliphatic rings. The van der Waals surface area contributed by atoms with Crippen LogP contribution in [0, 0.1) is 0 Å². The van der Waals surface area contributed by atoms with Gasteiger partial charge in [0.2, 0.25) is 0 Å². The number of rotatable bonds is 3. The largest absolute Gasteiger partial charge is 0.390 e. The van der Waals surface area contributed by atoms with Crippen LogP contribution in [0.2, 0.25) is 0 Å². The SMILES string of the molecule is CC(C)=CCN1C[C@H](O)[C@@H](N2CCCCC2)C1. The summed E-state index contributed by atoms with van der Waals surface area (Å²) in [7, 11) is 0. The van der Waals surface area contributed by atoms with Gasteiger partial charge >= 0.3 is 0 Å². The maximum atomic E-state index is 10.2. The van der Waals surface area contributed by atoms with Gasteiger partial charge in [-0.1, -0.05) is 18.1 Å². The molecule has 0 aromatic rings. The first-order valence-corrected chi connectivity index (χ1v) is 6.94. The maximum absolute atomic E-state index is 10.2. The number of aliphatic hydroxyl groups excluding tert-OH is 1. The van der Waals surface area contributed by atoms with E-state index in [0.29, 0.717) is 6.04 Å². The van der Waals surface area contributed by atoms with E-state index in [9.17, 15) is 5.11 Å². The smallest absolute Gasteiger partial charge is 0.0834 e. The zero-order valence-electron chi connectivity index (χ0n) is 11.2. The summed E-state index contributed by atoms with van der Waals surface area (Å²) in [6.07, 6.45) is 6.07. The highest BCUT2D eigenvalue weighted by molar-refractivity contribution is 4.99. The van der Waals surface area contributed by atoms with Crippen LogP contribution in [0.3, 0.4) is 0 Å². The number of nitrogens with zero attached hydrogens (tertiary/aromatic N) is 2. The first-order valence-electron chi connectivity index (χ1n) is 6.94. The topological polar surface area (TPSA) is 26.7 Å². The average Bonchev–Trinajstić information content (AvgIpc) is 2.69. The standard InChI is InChI=1S/C14H26N2O/c1-12(2)6-9-15-10-13(14(17)11-15)16-7-4-3-5-8-16/h6,13-14,17H,3-5,7-11H2,1-2H3/t13-,14-/m0/s1. The second-order valence-corrected chi connectivity index (χ2v) is 5.73. The van der Waals surface area contributed by atoms with Gasteiger partial charge in [0.15, 0.2) is 0 Å². The number of piperidine rings is 1. The normalized spacial score (nSPS) is 31.7. The highest BCUT2D eigenvalue weighted by atomic mass is 16.3. The van der Waals surface area contributed by atoms with Crippen LogP contribution in [0.4, 0.5) is 0 Å². The molecular formula is C14H26N2O. The van der Waals surface area contributed by atoms with Crippen molar-refractivity contribution in [2.24, 2.45) is 0 Å². The predicted molar refractivity (Wildman–Crippen MR) is 71.1 cm³/mol. The summed E-state index contributed by atoms with van der Waals surface area (Å²) in [5.74, 6) is 0. The highest BCUT2D eigenvalue weighted by Gasteiger charge is 2.35. The third-order valence-electron chi connectivity index (χ3n) is 3.95. The minimum Gasteiger partial charge on any atom is -0.390 e. The molecule has 2 saturated heterocycles. The van der Waals surface area contributed by atoms with Crippen molar-refractivity contribution in [3.63, 3.8) is 0 Å². The predicted octanol–water partition coefficient (Wildman–Crippen LogP) is 1.48. The summed E-state index contributed by atoms with van der Waals surface area (Å²) in [6, 6.07) is 0.376. The lowest BCUT2D eigenvalue weighted by molar-refractivity contribution is 0.0706. The number of likely N-dealkylation sites (tertiary alicyclic amines) is 2. The Morgan fingerprint density at radius 3 is 2.53 bits per heavy atom. The van der Waals surface area contributed by atoms with Crippen molar-refractivity contribution in [1.82, 2.24) is 9.80 Å². The second-order valence-electron chi connectivity index (χ2n) is 5.73. The molecule has 2 aliphatic heterocycles. The second kappa shape index (κ2) is 5.98. The Bertz CT molecular complexity index is 267. The molecule has 2 fully saturated rings. The van der Waals surface area contributed by atoms with E-state index in [0.717, 1.165) is 19.6 Å². The van der Waals surface area contributed by atoms with Crippen LogP contribution in [0.1, 0.15) is 33.1 Å². The van der Waals surface area contributed by atoms with Crippen molar-refractivity contribution in [2.75, 3.05) is 32.7 Å². The fraction of sp³-hybridized carbons (Fsp3) is 0.857. The van der Waals surface area contributed by atoms with Gasteiger partial charge < -0.3 is 5.11 Å². The van der Waals surface area contributed by atoms with Crippen LogP contribution < -0.4 is 0 Å². The monoisotopic (exact) mass is 238 g/mol. The quantitative estimate of drug-likeness (QED) is 0.755. The molecular weight excluding hydrogens is 212 g/mol. The minimum absolute atomic E-state index is 0.154. The third-order valence-corrected chi connectivity index (χ3v) is 3.95. The van der Waals surface area contributed by atoms with Gasteiger partial charge in [-0.05, 0) is 39.8 Å². The molecule has 98 valence electrons. The van der Waals surface area contributed by atoms with Crippen LogP contribution in [0.25, 0.3) is 0 Å². The zero-order chi connectivity index (χ0) is 12.3. The lowest BCUT2D eigenvalue weighted by Gasteiger charge is -2.33. The fourth-order valence-electron chi connectivity index (χ4n) is 2.92. The summed E-state index contributed by atoms with van der Waals surface area (Å²) in [6.45, 7) is 9.49. The average molecular weight is 238 g/mol. The molecule has 0 aliphatic carbocycles. The molecule has 17 heavy (non-hydrogen) atoms. The number of hydrogen-bond donors (Lipinski definition) is 1. The van der Waals surface area contributed by atoms with Gasteiger partial charge in [-0.15, -0.1) is 0 Å². The molecule has 0 unspecified atom stereocenters.